The molecule has 2 heterocycles. The van der Waals surface area contributed by atoms with Crippen LogP contribution < -0.4 is 0 Å². The third-order valence-electron chi connectivity index (χ3n) is 7.61. The minimum atomic E-state index is -0.393. The van der Waals surface area contributed by atoms with Crippen LogP contribution >= 0.6 is 0 Å². The summed E-state index contributed by atoms with van der Waals surface area (Å²) in [5.41, 5.74) is 1.68. The number of aliphatic hydroxyl groups is 1. The second-order valence-corrected chi connectivity index (χ2v) is 9.43. The number of halogens is 2. The highest BCUT2D eigenvalue weighted by atomic mass is 19.1. The molecule has 0 bridgehead atoms. The maximum absolute atomic E-state index is 14.1. The molecule has 2 atom stereocenters. The number of nitrogens with zero attached hydrogens (tertiary/aromatic N) is 2. The molecule has 0 unspecified atom stereocenters. The van der Waals surface area contributed by atoms with Crippen LogP contribution in [0.25, 0.3) is 0 Å². The van der Waals surface area contributed by atoms with E-state index in [1.54, 1.807) is 0 Å². The van der Waals surface area contributed by atoms with E-state index in [-0.39, 0.29) is 29.9 Å². The zero-order valence-corrected chi connectivity index (χ0v) is 17.3. The van der Waals surface area contributed by atoms with Crippen LogP contribution in [-0.4, -0.2) is 52.7 Å². The second kappa shape index (κ2) is 8.03. The van der Waals surface area contributed by atoms with E-state index in [0.29, 0.717) is 18.0 Å². The van der Waals surface area contributed by atoms with Gasteiger partial charge >= 0.3 is 0 Å². The molecule has 0 aromatic heterocycles. The maximum Gasteiger partial charge on any atom is 0.127 e. The Kier molecular flexibility index (Phi) is 5.38. The molecule has 1 saturated carbocycles. The summed E-state index contributed by atoms with van der Waals surface area (Å²) >= 11 is 0. The molecule has 1 spiro atoms. The Hall–Kier alpha value is -1.82. The quantitative estimate of drug-likeness (QED) is 0.772. The summed E-state index contributed by atoms with van der Waals surface area (Å²) in [6.45, 7) is 3.27. The van der Waals surface area contributed by atoms with Crippen molar-refractivity contribution in [2.45, 2.75) is 49.7 Å². The molecule has 2 aromatic carbocycles. The number of aliphatic hydroxyl groups excluding tert-OH is 1. The second-order valence-electron chi connectivity index (χ2n) is 9.43. The predicted molar refractivity (Wildman–Crippen MR) is 113 cm³/mol. The lowest BCUT2D eigenvalue weighted by Crippen LogP contribution is -2.84. The molecule has 30 heavy (non-hydrogen) atoms. The largest absolute Gasteiger partial charge is 0.395 e. The Bertz CT molecular complexity index is 878. The van der Waals surface area contributed by atoms with Gasteiger partial charge in [-0.3, -0.25) is 9.80 Å². The normalized spacial score (nSPS) is 26.6. The summed E-state index contributed by atoms with van der Waals surface area (Å²) in [5, 5.41) is 10.2. The summed E-state index contributed by atoms with van der Waals surface area (Å²) in [5.74, 6) is 0.248. The molecule has 2 aliphatic heterocycles. The molecule has 160 valence electrons. The van der Waals surface area contributed by atoms with E-state index in [9.17, 15) is 13.9 Å². The lowest BCUT2D eigenvalue weighted by molar-refractivity contribution is -0.197. The van der Waals surface area contributed by atoms with Crippen LogP contribution in [0.2, 0.25) is 0 Å². The fourth-order valence-corrected chi connectivity index (χ4v) is 6.27. The molecule has 5 heteroatoms. The summed E-state index contributed by atoms with van der Waals surface area (Å²) in [7, 11) is 0. The van der Waals surface area contributed by atoms with Gasteiger partial charge in [-0.25, -0.2) is 8.78 Å². The number of hydrogen-bond acceptors (Lipinski definition) is 3. The molecule has 0 amide bonds. The molecule has 3 nitrogen and oxygen atoms in total. The third kappa shape index (κ3) is 3.37. The summed E-state index contributed by atoms with van der Waals surface area (Å²) in [6.07, 6.45) is 5.17. The number of likely N-dealkylation sites (tertiary alicyclic amines) is 2. The summed E-state index contributed by atoms with van der Waals surface area (Å²) in [4.78, 5) is 4.75. The minimum Gasteiger partial charge on any atom is -0.395 e. The number of benzene rings is 2. The van der Waals surface area contributed by atoms with E-state index in [2.05, 4.69) is 34.1 Å². The van der Waals surface area contributed by atoms with Crippen molar-refractivity contribution in [1.82, 2.24) is 9.80 Å². The van der Waals surface area contributed by atoms with E-state index >= 15 is 0 Å². The fourth-order valence-electron chi connectivity index (χ4n) is 6.27. The van der Waals surface area contributed by atoms with E-state index in [1.165, 1.54) is 49.4 Å². The summed E-state index contributed by atoms with van der Waals surface area (Å²) < 4.78 is 27.7. The SMILES string of the molecule is OC[C@H]1[C@H](c2ccccc2)C2(CN(Cc3cc(F)ccc3F)C2)N1CC1CCCC1. The first-order valence-electron chi connectivity index (χ1n) is 11.2. The number of hydrogen-bond donors (Lipinski definition) is 1. The molecule has 2 aromatic rings. The van der Waals surface area contributed by atoms with Gasteiger partial charge in [0.25, 0.3) is 0 Å². The Morgan fingerprint density at radius 3 is 2.43 bits per heavy atom. The van der Waals surface area contributed by atoms with E-state index < -0.39 is 5.82 Å². The van der Waals surface area contributed by atoms with Gasteiger partial charge in [0.1, 0.15) is 11.6 Å². The molecule has 1 N–H and O–H groups in total. The average Bonchev–Trinajstić information content (AvgIpc) is 3.23. The van der Waals surface area contributed by atoms with E-state index in [0.717, 1.165) is 19.6 Å². The summed E-state index contributed by atoms with van der Waals surface area (Å²) in [6, 6.07) is 14.3. The molecule has 3 fully saturated rings. The van der Waals surface area contributed by atoms with E-state index in [4.69, 9.17) is 0 Å². The first-order valence-corrected chi connectivity index (χ1v) is 11.2. The fraction of sp³-hybridized carbons (Fsp3) is 0.520. The van der Waals surface area contributed by atoms with Crippen LogP contribution in [0.3, 0.4) is 0 Å². The van der Waals surface area contributed by atoms with Gasteiger partial charge in [0.15, 0.2) is 0 Å². The highest BCUT2D eigenvalue weighted by Gasteiger charge is 2.65. The van der Waals surface area contributed by atoms with Crippen LogP contribution in [0.4, 0.5) is 8.78 Å². The average molecular weight is 413 g/mol. The highest BCUT2D eigenvalue weighted by molar-refractivity contribution is 5.36. The van der Waals surface area contributed by atoms with Gasteiger partial charge in [0.2, 0.25) is 0 Å². The van der Waals surface area contributed by atoms with Gasteiger partial charge in [-0.05, 0) is 42.5 Å². The van der Waals surface area contributed by atoms with Gasteiger partial charge in [0.05, 0.1) is 12.1 Å². The predicted octanol–water partition coefficient (Wildman–Crippen LogP) is 4.17. The molecule has 2 saturated heterocycles. The molecule has 0 radical (unpaired) electrons. The minimum absolute atomic E-state index is 0.0128. The van der Waals surface area contributed by atoms with Crippen molar-refractivity contribution in [3.8, 4) is 0 Å². The Labute approximate surface area is 177 Å². The van der Waals surface area contributed by atoms with Crippen molar-refractivity contribution in [3.05, 3.63) is 71.3 Å². The lowest BCUT2D eigenvalue weighted by atomic mass is 9.60. The molecular formula is C25H30F2N2O. The van der Waals surface area contributed by atoms with Gasteiger partial charge in [0, 0.05) is 43.7 Å². The zero-order chi connectivity index (χ0) is 20.7. The van der Waals surface area contributed by atoms with Gasteiger partial charge < -0.3 is 5.11 Å². The topological polar surface area (TPSA) is 26.7 Å². The third-order valence-corrected chi connectivity index (χ3v) is 7.61. The van der Waals surface area contributed by atoms with Gasteiger partial charge in [-0.15, -0.1) is 0 Å². The van der Waals surface area contributed by atoms with Crippen molar-refractivity contribution >= 4 is 0 Å². The Morgan fingerprint density at radius 2 is 1.73 bits per heavy atom. The van der Waals surface area contributed by atoms with Crippen LogP contribution in [0.5, 0.6) is 0 Å². The van der Waals surface area contributed by atoms with Gasteiger partial charge in [-0.1, -0.05) is 43.2 Å². The van der Waals surface area contributed by atoms with Crippen LogP contribution in [0, 0.1) is 17.6 Å². The van der Waals surface area contributed by atoms with Crippen LogP contribution in [0.15, 0.2) is 48.5 Å². The Morgan fingerprint density at radius 1 is 1.00 bits per heavy atom. The van der Waals surface area contributed by atoms with Crippen molar-refractivity contribution < 1.29 is 13.9 Å². The van der Waals surface area contributed by atoms with Crippen molar-refractivity contribution in [2.24, 2.45) is 5.92 Å². The standard InChI is InChI=1S/C25H30F2N2O/c26-21-10-11-22(27)20(12-21)14-28-16-25(17-28)24(19-8-2-1-3-9-19)23(15-30)29(25)13-18-6-4-5-7-18/h1-3,8-12,18,23-24,30H,4-7,13-17H2/t23-,24-/m0/s1. The van der Waals surface area contributed by atoms with Crippen molar-refractivity contribution in [2.75, 3.05) is 26.2 Å². The first-order chi connectivity index (χ1) is 14.6. The van der Waals surface area contributed by atoms with E-state index in [1.807, 2.05) is 6.07 Å². The maximum atomic E-state index is 14.1. The smallest absolute Gasteiger partial charge is 0.127 e. The Balaban J connectivity index is 1.37. The lowest BCUT2D eigenvalue weighted by Gasteiger charge is -2.71. The molecule has 3 aliphatic rings. The molecular weight excluding hydrogens is 382 g/mol. The van der Waals surface area contributed by atoms with Crippen molar-refractivity contribution in [1.29, 1.82) is 0 Å². The van der Waals surface area contributed by atoms with Crippen LogP contribution in [0.1, 0.15) is 42.7 Å². The van der Waals surface area contributed by atoms with Gasteiger partial charge in [-0.2, -0.15) is 0 Å². The first kappa shape index (κ1) is 20.1. The van der Waals surface area contributed by atoms with Crippen LogP contribution in [-0.2, 0) is 6.54 Å². The number of rotatable bonds is 6. The highest BCUT2D eigenvalue weighted by Crippen LogP contribution is 2.54. The molecule has 5 rings (SSSR count). The monoisotopic (exact) mass is 412 g/mol. The zero-order valence-electron chi connectivity index (χ0n) is 17.3. The van der Waals surface area contributed by atoms with Crippen molar-refractivity contribution in [3.63, 3.8) is 0 Å². The molecule has 1 aliphatic carbocycles.